The van der Waals surface area contributed by atoms with Crippen LogP contribution in [0.15, 0.2) is 30.3 Å². The second kappa shape index (κ2) is 5.09. The lowest BCUT2D eigenvalue weighted by atomic mass is 10.1. The van der Waals surface area contributed by atoms with E-state index >= 15 is 0 Å². The number of fused-ring (bicyclic) bond motifs is 1. The number of amides is 1. The Morgan fingerprint density at radius 3 is 3.00 bits per heavy atom. The summed E-state index contributed by atoms with van der Waals surface area (Å²) in [5.41, 5.74) is 6.26. The van der Waals surface area contributed by atoms with Crippen LogP contribution in [0.2, 0.25) is 0 Å². The molecule has 5 nitrogen and oxygen atoms in total. The van der Waals surface area contributed by atoms with E-state index in [-0.39, 0.29) is 18.1 Å². The third-order valence-electron chi connectivity index (χ3n) is 3.70. The van der Waals surface area contributed by atoms with Gasteiger partial charge in [-0.25, -0.2) is 4.98 Å². The van der Waals surface area contributed by atoms with E-state index < -0.39 is 0 Å². The van der Waals surface area contributed by atoms with Crippen LogP contribution in [0.25, 0.3) is 10.8 Å². The zero-order chi connectivity index (χ0) is 14.1. The Balaban J connectivity index is 1.88. The number of hydrogen-bond donors (Lipinski definition) is 2. The molecule has 1 fully saturated rings. The van der Waals surface area contributed by atoms with Crippen LogP contribution in [0.1, 0.15) is 23.8 Å². The Hall–Kier alpha value is -2.14. The maximum absolute atomic E-state index is 12.3. The summed E-state index contributed by atoms with van der Waals surface area (Å²) >= 11 is 0. The largest absolute Gasteiger partial charge is 0.383 e. The highest BCUT2D eigenvalue weighted by molar-refractivity contribution is 5.99. The monoisotopic (exact) mass is 271 g/mol. The molecule has 3 N–H and O–H groups in total. The van der Waals surface area contributed by atoms with Gasteiger partial charge in [-0.1, -0.05) is 24.3 Å². The first-order valence-electron chi connectivity index (χ1n) is 6.73. The first-order valence-corrected chi connectivity index (χ1v) is 6.73. The number of nitrogens with zero attached hydrogens (tertiary/aromatic N) is 1. The van der Waals surface area contributed by atoms with Gasteiger partial charge < -0.3 is 15.8 Å². The van der Waals surface area contributed by atoms with E-state index in [1.54, 1.807) is 6.07 Å². The number of rotatable bonds is 2. The summed E-state index contributed by atoms with van der Waals surface area (Å²) < 4.78 is 5.44. The maximum atomic E-state index is 12.3. The molecule has 0 aliphatic carbocycles. The van der Waals surface area contributed by atoms with Crippen molar-refractivity contribution >= 4 is 22.5 Å². The van der Waals surface area contributed by atoms with Gasteiger partial charge in [0.25, 0.3) is 5.91 Å². The van der Waals surface area contributed by atoms with Crippen LogP contribution >= 0.6 is 0 Å². The average Bonchev–Trinajstić information content (AvgIpc) is 2.84. The number of hydrogen-bond acceptors (Lipinski definition) is 4. The molecule has 1 aliphatic rings. The maximum Gasteiger partial charge on any atom is 0.270 e. The summed E-state index contributed by atoms with van der Waals surface area (Å²) in [5.74, 6) is 0.175. The second-order valence-corrected chi connectivity index (χ2v) is 5.06. The molecule has 1 aliphatic heterocycles. The smallest absolute Gasteiger partial charge is 0.270 e. The summed E-state index contributed by atoms with van der Waals surface area (Å²) in [6.45, 7) is 2.64. The zero-order valence-corrected chi connectivity index (χ0v) is 11.3. The minimum absolute atomic E-state index is 0.0387. The minimum atomic E-state index is -0.204. The summed E-state index contributed by atoms with van der Waals surface area (Å²) in [5, 5.41) is 4.73. The molecule has 1 amide bonds. The minimum Gasteiger partial charge on any atom is -0.383 e. The van der Waals surface area contributed by atoms with E-state index in [4.69, 9.17) is 10.5 Å². The summed E-state index contributed by atoms with van der Waals surface area (Å²) in [6, 6.07) is 9.43. The summed E-state index contributed by atoms with van der Waals surface area (Å²) in [7, 11) is 0. The van der Waals surface area contributed by atoms with Gasteiger partial charge in [-0.3, -0.25) is 4.79 Å². The van der Waals surface area contributed by atoms with Crippen LogP contribution in [0, 0.1) is 0 Å². The van der Waals surface area contributed by atoms with Crippen LogP contribution < -0.4 is 11.1 Å². The predicted molar refractivity (Wildman–Crippen MR) is 77.4 cm³/mol. The predicted octanol–water partition coefficient (Wildman–Crippen LogP) is 1.72. The van der Waals surface area contributed by atoms with E-state index in [2.05, 4.69) is 10.3 Å². The quantitative estimate of drug-likeness (QED) is 0.872. The molecule has 2 aromatic rings. The summed E-state index contributed by atoms with van der Waals surface area (Å²) in [4.78, 5) is 16.5. The standard InChI is InChI=1S/C15H17N3O2/c1-9-12(6-7-20-9)18-15(19)13-8-10-4-2-3-5-11(10)14(16)17-13/h2-5,8-9,12H,6-7H2,1H3,(H2,16,17)(H,18,19). The molecule has 0 spiro atoms. The van der Waals surface area contributed by atoms with Gasteiger partial charge >= 0.3 is 0 Å². The highest BCUT2D eigenvalue weighted by Gasteiger charge is 2.26. The average molecular weight is 271 g/mol. The number of carbonyl (C=O) groups excluding carboxylic acids is 1. The first kappa shape index (κ1) is 12.9. The van der Waals surface area contributed by atoms with Gasteiger partial charge in [-0.05, 0) is 24.8 Å². The fourth-order valence-corrected chi connectivity index (χ4v) is 2.51. The van der Waals surface area contributed by atoms with Gasteiger partial charge in [0.15, 0.2) is 0 Å². The molecule has 20 heavy (non-hydrogen) atoms. The molecule has 2 atom stereocenters. The van der Waals surface area contributed by atoms with Crippen molar-refractivity contribution in [3.8, 4) is 0 Å². The van der Waals surface area contributed by atoms with Crippen molar-refractivity contribution in [2.24, 2.45) is 0 Å². The third-order valence-corrected chi connectivity index (χ3v) is 3.70. The van der Waals surface area contributed by atoms with Crippen LogP contribution in [0.5, 0.6) is 0 Å². The Kier molecular flexibility index (Phi) is 3.28. The number of pyridine rings is 1. The Morgan fingerprint density at radius 2 is 2.25 bits per heavy atom. The molecular formula is C15H17N3O2. The zero-order valence-electron chi connectivity index (χ0n) is 11.3. The molecular weight excluding hydrogens is 254 g/mol. The molecule has 2 unspecified atom stereocenters. The van der Waals surface area contributed by atoms with Gasteiger partial charge in [0.05, 0.1) is 12.1 Å². The highest BCUT2D eigenvalue weighted by atomic mass is 16.5. The van der Waals surface area contributed by atoms with E-state index in [0.717, 1.165) is 17.2 Å². The molecule has 1 aromatic heterocycles. The lowest BCUT2D eigenvalue weighted by Crippen LogP contribution is -2.39. The second-order valence-electron chi connectivity index (χ2n) is 5.06. The SMILES string of the molecule is CC1OCCC1NC(=O)c1cc2ccccc2c(N)n1. The molecule has 5 heteroatoms. The van der Waals surface area contributed by atoms with Gasteiger partial charge in [0.1, 0.15) is 11.5 Å². The van der Waals surface area contributed by atoms with Gasteiger partial charge in [0, 0.05) is 12.0 Å². The molecule has 104 valence electrons. The lowest BCUT2D eigenvalue weighted by Gasteiger charge is -2.16. The number of benzene rings is 1. The van der Waals surface area contributed by atoms with E-state index in [0.29, 0.717) is 18.1 Å². The molecule has 0 saturated carbocycles. The normalized spacial score (nSPS) is 22.1. The van der Waals surface area contributed by atoms with Gasteiger partial charge in [-0.2, -0.15) is 0 Å². The van der Waals surface area contributed by atoms with E-state index in [1.807, 2.05) is 31.2 Å². The number of aromatic nitrogens is 1. The number of nitrogens with two attached hydrogens (primary N) is 1. The van der Waals surface area contributed by atoms with Crippen molar-refractivity contribution in [2.75, 3.05) is 12.3 Å². The van der Waals surface area contributed by atoms with Crippen LogP contribution in [0.3, 0.4) is 0 Å². The number of nitrogen functional groups attached to an aromatic ring is 1. The van der Waals surface area contributed by atoms with Gasteiger partial charge in [0.2, 0.25) is 0 Å². The molecule has 1 saturated heterocycles. The third kappa shape index (κ3) is 2.32. The van der Waals surface area contributed by atoms with E-state index in [1.165, 1.54) is 0 Å². The van der Waals surface area contributed by atoms with Crippen molar-refractivity contribution in [1.29, 1.82) is 0 Å². The van der Waals surface area contributed by atoms with Crippen LogP contribution in [0.4, 0.5) is 5.82 Å². The molecule has 0 radical (unpaired) electrons. The lowest BCUT2D eigenvalue weighted by molar-refractivity contribution is 0.0862. The topological polar surface area (TPSA) is 77.2 Å². The van der Waals surface area contributed by atoms with E-state index in [9.17, 15) is 4.79 Å². The highest BCUT2D eigenvalue weighted by Crippen LogP contribution is 2.20. The number of ether oxygens (including phenoxy) is 1. The van der Waals surface area contributed by atoms with Crippen LogP contribution in [-0.2, 0) is 4.74 Å². The van der Waals surface area contributed by atoms with Crippen molar-refractivity contribution in [3.05, 3.63) is 36.0 Å². The van der Waals surface area contributed by atoms with Crippen LogP contribution in [-0.4, -0.2) is 29.6 Å². The van der Waals surface area contributed by atoms with Gasteiger partial charge in [-0.15, -0.1) is 0 Å². The van der Waals surface area contributed by atoms with Crippen molar-refractivity contribution in [3.63, 3.8) is 0 Å². The Labute approximate surface area is 117 Å². The van der Waals surface area contributed by atoms with Crippen molar-refractivity contribution in [1.82, 2.24) is 10.3 Å². The van der Waals surface area contributed by atoms with Crippen molar-refractivity contribution < 1.29 is 9.53 Å². The number of nitrogens with one attached hydrogen (secondary N) is 1. The molecule has 3 rings (SSSR count). The number of carbonyl (C=O) groups is 1. The molecule has 1 aromatic carbocycles. The summed E-state index contributed by atoms with van der Waals surface area (Å²) in [6.07, 6.45) is 0.868. The fourth-order valence-electron chi connectivity index (χ4n) is 2.51. The Bertz CT molecular complexity index is 657. The Morgan fingerprint density at radius 1 is 1.45 bits per heavy atom. The number of anilines is 1. The molecule has 2 heterocycles. The van der Waals surface area contributed by atoms with Crippen molar-refractivity contribution in [2.45, 2.75) is 25.5 Å². The molecule has 0 bridgehead atoms. The first-order chi connectivity index (χ1) is 9.65. The fraction of sp³-hybridized carbons (Fsp3) is 0.333.